The number of rotatable bonds is 4. The maximum atomic E-state index is 12.4. The Morgan fingerprint density at radius 3 is 2.64 bits per heavy atom. The molecule has 0 spiro atoms. The van der Waals surface area contributed by atoms with Crippen LogP contribution in [0.2, 0.25) is 0 Å². The van der Waals surface area contributed by atoms with Gasteiger partial charge in [-0.15, -0.1) is 5.10 Å². The molecule has 2 amide bonds. The van der Waals surface area contributed by atoms with Crippen LogP contribution in [0.4, 0.5) is 0 Å². The van der Waals surface area contributed by atoms with Crippen molar-refractivity contribution in [2.45, 2.75) is 31.2 Å². The van der Waals surface area contributed by atoms with Gasteiger partial charge in [-0.25, -0.2) is 4.68 Å². The summed E-state index contributed by atoms with van der Waals surface area (Å²) in [6.45, 7) is 4.25. The predicted octanol–water partition coefficient (Wildman–Crippen LogP) is -0.0511. The number of aromatic nitrogens is 3. The number of carbonyl (C=O) groups is 2. The van der Waals surface area contributed by atoms with E-state index < -0.39 is 0 Å². The van der Waals surface area contributed by atoms with Gasteiger partial charge >= 0.3 is 0 Å². The Bertz CT molecular complexity index is 668. The van der Waals surface area contributed by atoms with Crippen LogP contribution in [0, 0.1) is 5.92 Å². The van der Waals surface area contributed by atoms with Gasteiger partial charge in [0.2, 0.25) is 11.8 Å². The van der Waals surface area contributed by atoms with Crippen LogP contribution in [0.5, 0.6) is 0 Å². The van der Waals surface area contributed by atoms with E-state index in [2.05, 4.69) is 22.3 Å². The van der Waals surface area contributed by atoms with Crippen LogP contribution in [0.1, 0.15) is 36.9 Å². The number of amides is 2. The molecule has 0 radical (unpaired) electrons. The van der Waals surface area contributed by atoms with Crippen molar-refractivity contribution in [3.8, 4) is 0 Å². The number of hydrogen-bond acceptors (Lipinski definition) is 5. The molecule has 0 saturated carbocycles. The Balaban J connectivity index is 1.28. The Hall–Kier alpha value is -1.96. The molecule has 25 heavy (non-hydrogen) atoms. The summed E-state index contributed by atoms with van der Waals surface area (Å²) in [4.78, 5) is 30.2. The van der Waals surface area contributed by atoms with E-state index in [1.165, 1.54) is 0 Å². The first-order chi connectivity index (χ1) is 12.0. The first-order valence-electron chi connectivity index (χ1n) is 9.14. The van der Waals surface area contributed by atoms with Crippen LogP contribution >= 0.6 is 0 Å². The van der Waals surface area contributed by atoms with Crippen molar-refractivity contribution in [3.05, 3.63) is 11.9 Å². The predicted molar refractivity (Wildman–Crippen MR) is 90.9 cm³/mol. The van der Waals surface area contributed by atoms with E-state index in [1.54, 1.807) is 11.9 Å². The monoisotopic (exact) mass is 346 g/mol. The van der Waals surface area contributed by atoms with Gasteiger partial charge in [0.1, 0.15) is 0 Å². The number of carbonyl (C=O) groups excluding carboxylic acids is 2. The molecule has 3 aliphatic rings. The second-order valence-electron chi connectivity index (χ2n) is 7.77. The normalized spacial score (nSPS) is 28.0. The molecular formula is C17H26N6O2. The zero-order chi connectivity index (χ0) is 17.6. The van der Waals surface area contributed by atoms with Gasteiger partial charge in [-0.3, -0.25) is 9.59 Å². The lowest BCUT2D eigenvalue weighted by Crippen LogP contribution is -2.51. The molecule has 0 N–H and O–H groups in total. The summed E-state index contributed by atoms with van der Waals surface area (Å²) in [6.07, 6.45) is 4.31. The molecule has 0 aliphatic carbocycles. The van der Waals surface area contributed by atoms with Crippen LogP contribution in [0.3, 0.4) is 0 Å². The highest BCUT2D eigenvalue weighted by Crippen LogP contribution is 2.28. The molecule has 2 atom stereocenters. The number of hydrogen-bond donors (Lipinski definition) is 0. The highest BCUT2D eigenvalue weighted by atomic mass is 16.2. The molecule has 0 bridgehead atoms. The van der Waals surface area contributed by atoms with E-state index in [4.69, 9.17) is 0 Å². The number of likely N-dealkylation sites (tertiary alicyclic amines) is 3. The summed E-state index contributed by atoms with van der Waals surface area (Å²) >= 11 is 0. The van der Waals surface area contributed by atoms with Gasteiger partial charge in [0.25, 0.3) is 0 Å². The molecule has 1 aromatic rings. The van der Waals surface area contributed by atoms with E-state index in [0.717, 1.165) is 38.2 Å². The Morgan fingerprint density at radius 1 is 1.20 bits per heavy atom. The van der Waals surface area contributed by atoms with E-state index >= 15 is 0 Å². The van der Waals surface area contributed by atoms with Gasteiger partial charge < -0.3 is 14.7 Å². The topological polar surface area (TPSA) is 74.6 Å². The summed E-state index contributed by atoms with van der Waals surface area (Å²) < 4.78 is 1.91. The Labute approximate surface area is 147 Å². The van der Waals surface area contributed by atoms with Crippen LogP contribution in [0.15, 0.2) is 6.20 Å². The minimum atomic E-state index is -0.131. The van der Waals surface area contributed by atoms with Gasteiger partial charge in [-0.2, -0.15) is 0 Å². The average Bonchev–Trinajstić information content (AvgIpc) is 3.23. The third-order valence-electron chi connectivity index (χ3n) is 5.89. The zero-order valence-electron chi connectivity index (χ0n) is 15.0. The zero-order valence-corrected chi connectivity index (χ0v) is 15.0. The Kier molecular flexibility index (Phi) is 4.23. The van der Waals surface area contributed by atoms with E-state index in [1.807, 2.05) is 15.8 Å². The molecule has 3 saturated heterocycles. The van der Waals surface area contributed by atoms with Crippen molar-refractivity contribution in [2.75, 3.05) is 46.8 Å². The van der Waals surface area contributed by atoms with E-state index in [-0.39, 0.29) is 23.8 Å². The van der Waals surface area contributed by atoms with Crippen molar-refractivity contribution in [1.82, 2.24) is 29.7 Å². The second-order valence-corrected chi connectivity index (χ2v) is 7.77. The summed E-state index contributed by atoms with van der Waals surface area (Å²) in [5, 5.41) is 8.62. The van der Waals surface area contributed by atoms with Gasteiger partial charge in [0.05, 0.1) is 11.7 Å². The van der Waals surface area contributed by atoms with Crippen LogP contribution < -0.4 is 0 Å². The third-order valence-corrected chi connectivity index (χ3v) is 5.89. The smallest absolute Gasteiger partial charge is 0.226 e. The molecule has 0 aromatic carbocycles. The first-order valence-corrected chi connectivity index (χ1v) is 9.14. The maximum absolute atomic E-state index is 12.4. The third kappa shape index (κ3) is 3.15. The molecule has 4 heterocycles. The summed E-state index contributed by atoms with van der Waals surface area (Å²) in [7, 11) is 3.93. The lowest BCUT2D eigenvalue weighted by atomic mass is 10.0. The molecule has 1 aromatic heterocycles. The highest BCUT2D eigenvalue weighted by molar-refractivity contribution is 5.87. The fourth-order valence-electron chi connectivity index (χ4n) is 4.08. The summed E-state index contributed by atoms with van der Waals surface area (Å²) in [5.74, 6) is 0.534. The molecule has 4 rings (SSSR count). The Morgan fingerprint density at radius 2 is 2.00 bits per heavy atom. The molecule has 136 valence electrons. The second kappa shape index (κ2) is 6.40. The van der Waals surface area contributed by atoms with E-state index in [9.17, 15) is 9.59 Å². The van der Waals surface area contributed by atoms with Crippen molar-refractivity contribution in [3.63, 3.8) is 0 Å². The molecule has 8 nitrogen and oxygen atoms in total. The van der Waals surface area contributed by atoms with Crippen molar-refractivity contribution >= 4 is 11.8 Å². The molecule has 3 aliphatic heterocycles. The quantitative estimate of drug-likeness (QED) is 0.764. The van der Waals surface area contributed by atoms with Gasteiger partial charge in [0, 0.05) is 57.7 Å². The SMILES string of the molecule is CN1CCC(c2cn(C3CN(C(=O)CC4CCN(C)C4=O)C3)nn2)C1. The lowest BCUT2D eigenvalue weighted by Gasteiger charge is -2.39. The largest absolute Gasteiger partial charge is 0.345 e. The molecular weight excluding hydrogens is 320 g/mol. The number of nitrogens with zero attached hydrogens (tertiary/aromatic N) is 6. The fourth-order valence-corrected chi connectivity index (χ4v) is 4.08. The maximum Gasteiger partial charge on any atom is 0.226 e. The molecule has 2 unspecified atom stereocenters. The molecule has 3 fully saturated rings. The standard InChI is InChI=1S/C17H26N6O2/c1-20-5-3-13(8-20)15-11-23(19-18-15)14-9-22(10-14)16(24)7-12-4-6-21(2)17(12)25/h11-14H,3-10H2,1-2H3. The van der Waals surface area contributed by atoms with Crippen LogP contribution in [-0.2, 0) is 9.59 Å². The van der Waals surface area contributed by atoms with Crippen LogP contribution in [0.25, 0.3) is 0 Å². The average molecular weight is 346 g/mol. The van der Waals surface area contributed by atoms with Crippen molar-refractivity contribution < 1.29 is 9.59 Å². The number of likely N-dealkylation sites (N-methyl/N-ethyl adjacent to an activating group) is 1. The highest BCUT2D eigenvalue weighted by Gasteiger charge is 2.37. The van der Waals surface area contributed by atoms with Gasteiger partial charge in [-0.1, -0.05) is 5.21 Å². The minimum Gasteiger partial charge on any atom is -0.345 e. The summed E-state index contributed by atoms with van der Waals surface area (Å²) in [6, 6.07) is 0.214. The lowest BCUT2D eigenvalue weighted by molar-refractivity contribution is -0.141. The van der Waals surface area contributed by atoms with E-state index in [0.29, 0.717) is 25.4 Å². The first kappa shape index (κ1) is 16.5. The molecule has 8 heteroatoms. The van der Waals surface area contributed by atoms with Gasteiger partial charge in [0.15, 0.2) is 0 Å². The fraction of sp³-hybridized carbons (Fsp3) is 0.765. The minimum absolute atomic E-state index is 0.0858. The van der Waals surface area contributed by atoms with Gasteiger partial charge in [-0.05, 0) is 26.4 Å². The van der Waals surface area contributed by atoms with Crippen LogP contribution in [-0.4, -0.2) is 88.3 Å². The van der Waals surface area contributed by atoms with Crippen molar-refractivity contribution in [1.29, 1.82) is 0 Å². The van der Waals surface area contributed by atoms with Crippen molar-refractivity contribution in [2.24, 2.45) is 5.92 Å². The summed E-state index contributed by atoms with van der Waals surface area (Å²) in [5.41, 5.74) is 1.06.